The van der Waals surface area contributed by atoms with Crippen LogP contribution in [-0.4, -0.2) is 38.4 Å². The zero-order chi connectivity index (χ0) is 16.8. The van der Waals surface area contributed by atoms with Crippen LogP contribution < -0.4 is 14.8 Å². The molecule has 0 saturated carbocycles. The number of methoxy groups -OCH3 is 2. The topological polar surface area (TPSA) is 89.5 Å². The fourth-order valence-corrected chi connectivity index (χ4v) is 2.35. The Bertz CT molecular complexity index is 617. The van der Waals surface area contributed by atoms with E-state index in [0.29, 0.717) is 17.1 Å². The molecule has 0 saturated heterocycles. The van der Waals surface area contributed by atoms with Gasteiger partial charge in [-0.05, 0) is 29.8 Å². The third-order valence-corrected chi connectivity index (χ3v) is 3.39. The molecule has 124 valence electrons. The highest BCUT2D eigenvalue weighted by atomic mass is 16.5. The molecule has 1 aromatic carbocycles. The molecule has 0 aliphatic carbocycles. The molecule has 8 nitrogen and oxygen atoms in total. The van der Waals surface area contributed by atoms with E-state index in [-0.39, 0.29) is 19.1 Å². The zero-order valence-electron chi connectivity index (χ0n) is 13.2. The minimum Gasteiger partial charge on any atom is -0.493 e. The molecule has 0 aromatic heterocycles. The molecule has 1 aromatic rings. The van der Waals surface area contributed by atoms with Gasteiger partial charge in [-0.2, -0.15) is 0 Å². The van der Waals surface area contributed by atoms with Gasteiger partial charge in [0.05, 0.1) is 27.5 Å². The first-order chi connectivity index (χ1) is 11.1. The number of benzene rings is 1. The van der Waals surface area contributed by atoms with Crippen LogP contribution in [0.5, 0.6) is 11.5 Å². The van der Waals surface area contributed by atoms with Gasteiger partial charge in [0.25, 0.3) is 0 Å². The third kappa shape index (κ3) is 3.53. The minimum atomic E-state index is -0.721. The summed E-state index contributed by atoms with van der Waals surface area (Å²) < 4.78 is 15.6. The molecule has 0 spiro atoms. The molecule has 1 aliphatic heterocycles. The molecule has 0 fully saturated rings. The van der Waals surface area contributed by atoms with Crippen molar-refractivity contribution < 1.29 is 19.0 Å². The number of esters is 1. The summed E-state index contributed by atoms with van der Waals surface area (Å²) in [7, 11) is 3.06. The van der Waals surface area contributed by atoms with Gasteiger partial charge in [-0.25, -0.2) is 4.79 Å². The van der Waals surface area contributed by atoms with Gasteiger partial charge in [0.2, 0.25) is 0 Å². The normalized spacial score (nSPS) is 14.6. The first kappa shape index (κ1) is 16.6. The number of carbonyl (C=O) groups excluding carboxylic acids is 1. The van der Waals surface area contributed by atoms with Crippen LogP contribution in [0.2, 0.25) is 0 Å². The number of nitrogens with one attached hydrogen (secondary N) is 1. The predicted octanol–water partition coefficient (Wildman–Crippen LogP) is 1.74. The summed E-state index contributed by atoms with van der Waals surface area (Å²) in [4.78, 5) is 24.7. The van der Waals surface area contributed by atoms with Crippen LogP contribution >= 0.6 is 0 Å². The standard InChI is InChI=1S/C15H19N3O5/c1-4-23-15(19)14(18-8-13(17-20)16-9-18)10-5-6-11(21-2)12(7-10)22-3/h5-8,14,16H,4,9H2,1-3H3. The summed E-state index contributed by atoms with van der Waals surface area (Å²) in [5.41, 5.74) is 0.659. The van der Waals surface area contributed by atoms with Crippen LogP contribution in [0.25, 0.3) is 0 Å². The lowest BCUT2D eigenvalue weighted by molar-refractivity contribution is -0.148. The maximum atomic E-state index is 12.4. The first-order valence-corrected chi connectivity index (χ1v) is 7.08. The van der Waals surface area contributed by atoms with Crippen molar-refractivity contribution in [2.24, 2.45) is 5.18 Å². The van der Waals surface area contributed by atoms with E-state index in [1.165, 1.54) is 20.4 Å². The Hall–Kier alpha value is -2.77. The van der Waals surface area contributed by atoms with E-state index >= 15 is 0 Å². The highest BCUT2D eigenvalue weighted by Gasteiger charge is 2.31. The molecule has 0 bridgehead atoms. The van der Waals surface area contributed by atoms with Gasteiger partial charge in [-0.1, -0.05) is 6.07 Å². The van der Waals surface area contributed by atoms with Crippen LogP contribution in [0.3, 0.4) is 0 Å². The Labute approximate surface area is 134 Å². The van der Waals surface area contributed by atoms with Crippen LogP contribution in [0.1, 0.15) is 18.5 Å². The lowest BCUT2D eigenvalue weighted by Gasteiger charge is -2.26. The van der Waals surface area contributed by atoms with Gasteiger partial charge in [-0.3, -0.25) is 0 Å². The SMILES string of the molecule is CCOC(=O)C(c1ccc(OC)c(OC)c1)N1C=C(N=O)NC1. The fourth-order valence-electron chi connectivity index (χ4n) is 2.35. The van der Waals surface area contributed by atoms with Crippen molar-refractivity contribution in [1.82, 2.24) is 10.2 Å². The largest absolute Gasteiger partial charge is 0.493 e. The Morgan fingerprint density at radius 3 is 2.65 bits per heavy atom. The van der Waals surface area contributed by atoms with Crippen LogP contribution in [0.15, 0.2) is 35.4 Å². The van der Waals surface area contributed by atoms with Crippen molar-refractivity contribution in [2.45, 2.75) is 13.0 Å². The number of hydrogen-bond acceptors (Lipinski definition) is 8. The van der Waals surface area contributed by atoms with Crippen molar-refractivity contribution in [2.75, 3.05) is 27.5 Å². The maximum Gasteiger partial charge on any atom is 0.333 e. The second-order valence-corrected chi connectivity index (χ2v) is 4.72. The summed E-state index contributed by atoms with van der Waals surface area (Å²) in [6, 6.07) is 4.46. The lowest BCUT2D eigenvalue weighted by atomic mass is 10.1. The highest BCUT2D eigenvalue weighted by molar-refractivity contribution is 5.78. The van der Waals surface area contributed by atoms with Crippen molar-refractivity contribution in [1.29, 1.82) is 0 Å². The summed E-state index contributed by atoms with van der Waals surface area (Å²) >= 11 is 0. The summed E-state index contributed by atoms with van der Waals surface area (Å²) in [6.07, 6.45) is 1.49. The Morgan fingerprint density at radius 2 is 2.09 bits per heavy atom. The maximum absolute atomic E-state index is 12.4. The molecule has 1 aliphatic rings. The molecule has 8 heteroatoms. The average molecular weight is 321 g/mol. The molecule has 1 atom stereocenters. The zero-order valence-corrected chi connectivity index (χ0v) is 13.2. The quantitative estimate of drug-likeness (QED) is 0.604. The summed E-state index contributed by atoms with van der Waals surface area (Å²) in [5, 5.41) is 5.64. The monoisotopic (exact) mass is 321 g/mol. The van der Waals surface area contributed by atoms with E-state index in [1.807, 2.05) is 0 Å². The number of nitrogens with zero attached hydrogens (tertiary/aromatic N) is 2. The fraction of sp³-hybridized carbons (Fsp3) is 0.400. The van der Waals surface area contributed by atoms with Crippen molar-refractivity contribution in [3.63, 3.8) is 0 Å². The van der Waals surface area contributed by atoms with Crippen LogP contribution in [0.4, 0.5) is 0 Å². The van der Waals surface area contributed by atoms with E-state index in [9.17, 15) is 9.70 Å². The number of carbonyl (C=O) groups is 1. The van der Waals surface area contributed by atoms with Gasteiger partial charge in [-0.15, -0.1) is 4.91 Å². The van der Waals surface area contributed by atoms with Crippen LogP contribution in [0, 0.1) is 4.91 Å². The Kier molecular flexibility index (Phi) is 5.40. The van der Waals surface area contributed by atoms with E-state index in [0.717, 1.165) is 0 Å². The van der Waals surface area contributed by atoms with E-state index in [1.54, 1.807) is 30.0 Å². The number of ether oxygens (including phenoxy) is 3. The lowest BCUT2D eigenvalue weighted by Crippen LogP contribution is -2.33. The molecule has 0 amide bonds. The molecule has 1 heterocycles. The first-order valence-electron chi connectivity index (χ1n) is 7.08. The van der Waals surface area contributed by atoms with Crippen molar-refractivity contribution >= 4 is 5.97 Å². The van der Waals surface area contributed by atoms with Gasteiger partial charge in [0, 0.05) is 6.20 Å². The molecule has 2 rings (SSSR count). The molecule has 1 N–H and O–H groups in total. The Balaban J connectivity index is 2.39. The number of nitroso groups, excluding NO2 is 1. The second kappa shape index (κ2) is 7.48. The van der Waals surface area contributed by atoms with Gasteiger partial charge < -0.3 is 24.4 Å². The predicted molar refractivity (Wildman–Crippen MR) is 82.6 cm³/mol. The van der Waals surface area contributed by atoms with Crippen LogP contribution in [-0.2, 0) is 9.53 Å². The van der Waals surface area contributed by atoms with E-state index < -0.39 is 12.0 Å². The van der Waals surface area contributed by atoms with E-state index in [2.05, 4.69) is 10.5 Å². The summed E-state index contributed by atoms with van der Waals surface area (Å²) in [5.74, 6) is 0.804. The van der Waals surface area contributed by atoms with Crippen molar-refractivity contribution in [3.05, 3.63) is 40.7 Å². The minimum absolute atomic E-state index is 0.166. The van der Waals surface area contributed by atoms with Gasteiger partial charge in [0.15, 0.2) is 23.4 Å². The third-order valence-electron chi connectivity index (χ3n) is 3.39. The second-order valence-electron chi connectivity index (χ2n) is 4.72. The van der Waals surface area contributed by atoms with E-state index in [4.69, 9.17) is 14.2 Å². The number of rotatable bonds is 7. The summed E-state index contributed by atoms with van der Waals surface area (Å²) in [6.45, 7) is 2.27. The molecule has 0 radical (unpaired) electrons. The average Bonchev–Trinajstić information content (AvgIpc) is 3.03. The number of hydrogen-bond donors (Lipinski definition) is 1. The molecule has 1 unspecified atom stereocenters. The molecular weight excluding hydrogens is 302 g/mol. The van der Waals surface area contributed by atoms with Gasteiger partial charge >= 0.3 is 5.97 Å². The van der Waals surface area contributed by atoms with Gasteiger partial charge in [0.1, 0.15) is 0 Å². The molecular formula is C15H19N3O5. The Morgan fingerprint density at radius 1 is 1.35 bits per heavy atom. The smallest absolute Gasteiger partial charge is 0.333 e. The molecule has 23 heavy (non-hydrogen) atoms. The van der Waals surface area contributed by atoms with Crippen molar-refractivity contribution in [3.8, 4) is 11.5 Å². The highest BCUT2D eigenvalue weighted by Crippen LogP contribution is 2.33.